The SMILES string of the molecule is CC1CCN(CCC(N)(C(N)=O)c2ccccc2)CC1C. The largest absolute Gasteiger partial charge is 0.368 e. The highest BCUT2D eigenvalue weighted by Crippen LogP contribution is 2.26. The van der Waals surface area contributed by atoms with Crippen LogP contribution in [0.25, 0.3) is 0 Å². The number of hydrogen-bond donors (Lipinski definition) is 2. The quantitative estimate of drug-likeness (QED) is 0.866. The molecule has 1 aromatic rings. The van der Waals surface area contributed by atoms with Gasteiger partial charge in [0.1, 0.15) is 5.54 Å². The number of nitrogens with zero attached hydrogens (tertiary/aromatic N) is 1. The van der Waals surface area contributed by atoms with Gasteiger partial charge in [-0.25, -0.2) is 0 Å². The summed E-state index contributed by atoms with van der Waals surface area (Å²) in [4.78, 5) is 14.3. The topological polar surface area (TPSA) is 72.3 Å². The molecule has 1 aromatic carbocycles. The Balaban J connectivity index is 2.03. The highest BCUT2D eigenvalue weighted by Gasteiger charge is 2.34. The maximum Gasteiger partial charge on any atom is 0.242 e. The number of hydrogen-bond acceptors (Lipinski definition) is 3. The lowest BCUT2D eigenvalue weighted by Crippen LogP contribution is -2.51. The lowest BCUT2D eigenvalue weighted by molar-refractivity contribution is -0.123. The van der Waals surface area contributed by atoms with Crippen LogP contribution in [0.15, 0.2) is 30.3 Å². The van der Waals surface area contributed by atoms with E-state index in [1.54, 1.807) is 0 Å². The predicted octanol–water partition coefficient (Wildman–Crippen LogP) is 1.69. The van der Waals surface area contributed by atoms with Gasteiger partial charge in [0.25, 0.3) is 0 Å². The molecule has 4 N–H and O–H groups in total. The highest BCUT2D eigenvalue weighted by atomic mass is 16.1. The minimum atomic E-state index is -1.08. The van der Waals surface area contributed by atoms with Gasteiger partial charge in [0.2, 0.25) is 5.91 Å². The molecule has 1 amide bonds. The van der Waals surface area contributed by atoms with E-state index in [0.717, 1.165) is 31.1 Å². The zero-order valence-electron chi connectivity index (χ0n) is 13.1. The molecule has 1 aliphatic rings. The van der Waals surface area contributed by atoms with E-state index in [1.807, 2.05) is 30.3 Å². The second-order valence-corrected chi connectivity index (χ2v) is 6.50. The summed E-state index contributed by atoms with van der Waals surface area (Å²) in [5, 5.41) is 0. The molecule has 3 unspecified atom stereocenters. The first-order valence-electron chi connectivity index (χ1n) is 7.80. The molecule has 4 heteroatoms. The Morgan fingerprint density at radius 2 is 1.95 bits per heavy atom. The second kappa shape index (κ2) is 6.58. The van der Waals surface area contributed by atoms with Crippen molar-refractivity contribution in [2.45, 2.75) is 32.2 Å². The predicted molar refractivity (Wildman–Crippen MR) is 85.5 cm³/mol. The first kappa shape index (κ1) is 16.0. The molecule has 0 radical (unpaired) electrons. The molecule has 0 aromatic heterocycles. The summed E-state index contributed by atoms with van der Waals surface area (Å²) in [7, 11) is 0. The molecule has 1 saturated heterocycles. The van der Waals surface area contributed by atoms with Crippen molar-refractivity contribution < 1.29 is 4.79 Å². The smallest absolute Gasteiger partial charge is 0.242 e. The summed E-state index contributed by atoms with van der Waals surface area (Å²) in [5.41, 5.74) is 11.7. The van der Waals surface area contributed by atoms with E-state index in [9.17, 15) is 4.79 Å². The van der Waals surface area contributed by atoms with E-state index in [2.05, 4.69) is 18.7 Å². The Bertz CT molecular complexity index is 476. The molecule has 1 heterocycles. The fourth-order valence-corrected chi connectivity index (χ4v) is 3.03. The number of carbonyl (C=O) groups is 1. The van der Waals surface area contributed by atoms with Crippen LogP contribution in [0.4, 0.5) is 0 Å². The fourth-order valence-electron chi connectivity index (χ4n) is 3.03. The molecule has 0 saturated carbocycles. The Labute approximate surface area is 127 Å². The second-order valence-electron chi connectivity index (χ2n) is 6.50. The molecular formula is C17H27N3O. The summed E-state index contributed by atoms with van der Waals surface area (Å²) in [6.45, 7) is 7.56. The third-order valence-electron chi connectivity index (χ3n) is 4.97. The standard InChI is InChI=1S/C17H27N3O/c1-13-8-10-20(12-14(13)2)11-9-17(19,16(18)21)15-6-4-3-5-7-15/h3-7,13-14H,8-12,19H2,1-2H3,(H2,18,21). The van der Waals surface area contributed by atoms with Crippen LogP contribution in [0.3, 0.4) is 0 Å². The van der Waals surface area contributed by atoms with Gasteiger partial charge >= 0.3 is 0 Å². The minimum absolute atomic E-state index is 0.452. The molecule has 0 bridgehead atoms. The van der Waals surface area contributed by atoms with Crippen molar-refractivity contribution >= 4 is 5.91 Å². The van der Waals surface area contributed by atoms with Crippen molar-refractivity contribution in [3.63, 3.8) is 0 Å². The van der Waals surface area contributed by atoms with E-state index in [4.69, 9.17) is 11.5 Å². The molecule has 116 valence electrons. The zero-order valence-corrected chi connectivity index (χ0v) is 13.1. The molecular weight excluding hydrogens is 262 g/mol. The first-order chi connectivity index (χ1) is 9.93. The van der Waals surface area contributed by atoms with E-state index < -0.39 is 11.4 Å². The van der Waals surface area contributed by atoms with Crippen molar-refractivity contribution in [2.75, 3.05) is 19.6 Å². The molecule has 21 heavy (non-hydrogen) atoms. The zero-order chi connectivity index (χ0) is 15.5. The number of likely N-dealkylation sites (tertiary alicyclic amines) is 1. The van der Waals surface area contributed by atoms with Crippen LogP contribution < -0.4 is 11.5 Å². The van der Waals surface area contributed by atoms with Crippen LogP contribution >= 0.6 is 0 Å². The molecule has 0 spiro atoms. The number of benzene rings is 1. The number of carbonyl (C=O) groups excluding carboxylic acids is 1. The third kappa shape index (κ3) is 3.63. The average molecular weight is 289 g/mol. The van der Waals surface area contributed by atoms with Crippen LogP contribution in [0.2, 0.25) is 0 Å². The van der Waals surface area contributed by atoms with Crippen LogP contribution in [-0.4, -0.2) is 30.4 Å². The van der Waals surface area contributed by atoms with Crippen LogP contribution in [0, 0.1) is 11.8 Å². The van der Waals surface area contributed by atoms with Crippen LogP contribution in [-0.2, 0) is 10.3 Å². The Morgan fingerprint density at radius 1 is 1.29 bits per heavy atom. The molecule has 1 aliphatic heterocycles. The Kier molecular flexibility index (Phi) is 5.01. The van der Waals surface area contributed by atoms with Gasteiger partial charge in [0, 0.05) is 13.1 Å². The van der Waals surface area contributed by atoms with Crippen molar-refractivity contribution in [2.24, 2.45) is 23.3 Å². The molecule has 4 nitrogen and oxygen atoms in total. The number of primary amides is 1. The summed E-state index contributed by atoms with van der Waals surface area (Å²) in [6, 6.07) is 9.46. The van der Waals surface area contributed by atoms with Gasteiger partial charge in [0.15, 0.2) is 0 Å². The monoisotopic (exact) mass is 289 g/mol. The van der Waals surface area contributed by atoms with E-state index >= 15 is 0 Å². The number of nitrogens with two attached hydrogens (primary N) is 2. The van der Waals surface area contributed by atoms with E-state index in [0.29, 0.717) is 12.3 Å². The van der Waals surface area contributed by atoms with Crippen molar-refractivity contribution in [3.8, 4) is 0 Å². The summed E-state index contributed by atoms with van der Waals surface area (Å²) < 4.78 is 0. The summed E-state index contributed by atoms with van der Waals surface area (Å²) >= 11 is 0. The lowest BCUT2D eigenvalue weighted by atomic mass is 9.85. The number of rotatable bonds is 5. The average Bonchev–Trinajstić information content (AvgIpc) is 2.49. The van der Waals surface area contributed by atoms with Gasteiger partial charge in [-0.3, -0.25) is 4.79 Å². The maximum absolute atomic E-state index is 11.9. The number of piperidine rings is 1. The third-order valence-corrected chi connectivity index (χ3v) is 4.97. The highest BCUT2D eigenvalue weighted by molar-refractivity contribution is 5.85. The molecule has 3 atom stereocenters. The molecule has 0 aliphatic carbocycles. The van der Waals surface area contributed by atoms with Crippen LogP contribution in [0.5, 0.6) is 0 Å². The van der Waals surface area contributed by atoms with Crippen molar-refractivity contribution in [3.05, 3.63) is 35.9 Å². The summed E-state index contributed by atoms with van der Waals surface area (Å²) in [5.74, 6) is 1.01. The Hall–Kier alpha value is -1.39. The van der Waals surface area contributed by atoms with E-state index in [1.165, 1.54) is 6.42 Å². The normalized spacial score (nSPS) is 26.2. The first-order valence-corrected chi connectivity index (χ1v) is 7.80. The molecule has 1 fully saturated rings. The number of amides is 1. The van der Waals surface area contributed by atoms with Gasteiger partial charge in [-0.05, 0) is 36.8 Å². The van der Waals surface area contributed by atoms with Crippen molar-refractivity contribution in [1.29, 1.82) is 0 Å². The van der Waals surface area contributed by atoms with Gasteiger partial charge in [-0.15, -0.1) is 0 Å². The van der Waals surface area contributed by atoms with Crippen LogP contribution in [0.1, 0.15) is 32.3 Å². The van der Waals surface area contributed by atoms with Gasteiger partial charge in [-0.2, -0.15) is 0 Å². The van der Waals surface area contributed by atoms with E-state index in [-0.39, 0.29) is 0 Å². The lowest BCUT2D eigenvalue weighted by Gasteiger charge is -2.37. The molecule has 2 rings (SSSR count). The van der Waals surface area contributed by atoms with Gasteiger partial charge in [0.05, 0.1) is 0 Å². The maximum atomic E-state index is 11.9. The minimum Gasteiger partial charge on any atom is -0.368 e. The summed E-state index contributed by atoms with van der Waals surface area (Å²) in [6.07, 6.45) is 1.77. The van der Waals surface area contributed by atoms with Gasteiger partial charge in [-0.1, -0.05) is 44.2 Å². The Morgan fingerprint density at radius 3 is 2.52 bits per heavy atom. The van der Waals surface area contributed by atoms with Crippen molar-refractivity contribution in [1.82, 2.24) is 4.90 Å². The van der Waals surface area contributed by atoms with Gasteiger partial charge < -0.3 is 16.4 Å². The fraction of sp³-hybridized carbons (Fsp3) is 0.588.